The predicted octanol–water partition coefficient (Wildman–Crippen LogP) is 4.06. The van der Waals surface area contributed by atoms with Crippen LogP contribution in [0.2, 0.25) is 0 Å². The zero-order valence-electron chi connectivity index (χ0n) is 15.9. The third kappa shape index (κ3) is 5.69. The van der Waals surface area contributed by atoms with E-state index < -0.39 is 0 Å². The van der Waals surface area contributed by atoms with Crippen LogP contribution in [0, 0.1) is 5.92 Å². The normalized spacial score (nSPS) is 10.5. The summed E-state index contributed by atoms with van der Waals surface area (Å²) in [6.07, 6.45) is 0.952. The molecule has 0 aromatic heterocycles. The highest BCUT2D eigenvalue weighted by Gasteiger charge is 2.11. The smallest absolute Gasteiger partial charge is 0.251 e. The number of hydrogen-bond acceptors (Lipinski definition) is 4. The van der Waals surface area contributed by atoms with Crippen LogP contribution in [-0.2, 0) is 6.61 Å². The summed E-state index contributed by atoms with van der Waals surface area (Å²) in [6, 6.07) is 12.8. The van der Waals surface area contributed by atoms with Gasteiger partial charge in [-0.25, -0.2) is 0 Å². The van der Waals surface area contributed by atoms with Gasteiger partial charge < -0.3 is 19.5 Å². The molecule has 26 heavy (non-hydrogen) atoms. The maximum atomic E-state index is 12.3. The summed E-state index contributed by atoms with van der Waals surface area (Å²) in [7, 11) is 3.22. The van der Waals surface area contributed by atoms with Crippen LogP contribution in [0.4, 0.5) is 0 Å². The average molecular weight is 357 g/mol. The first-order valence-electron chi connectivity index (χ1n) is 8.75. The molecule has 0 saturated heterocycles. The van der Waals surface area contributed by atoms with Crippen molar-refractivity contribution >= 4 is 5.91 Å². The Morgan fingerprint density at radius 1 is 1.04 bits per heavy atom. The number of methoxy groups -OCH3 is 2. The summed E-state index contributed by atoms with van der Waals surface area (Å²) in [5.74, 6) is 2.58. The van der Waals surface area contributed by atoms with Crippen molar-refractivity contribution in [3.8, 4) is 17.2 Å². The van der Waals surface area contributed by atoms with Gasteiger partial charge in [0.25, 0.3) is 5.91 Å². The summed E-state index contributed by atoms with van der Waals surface area (Å²) in [4.78, 5) is 12.3. The Bertz CT molecular complexity index is 728. The van der Waals surface area contributed by atoms with Gasteiger partial charge in [-0.2, -0.15) is 0 Å². The molecule has 1 N–H and O–H groups in total. The molecule has 0 aliphatic carbocycles. The third-order valence-electron chi connectivity index (χ3n) is 3.99. The fourth-order valence-electron chi connectivity index (χ4n) is 2.46. The molecule has 140 valence electrons. The molecule has 0 atom stereocenters. The van der Waals surface area contributed by atoms with E-state index in [0.29, 0.717) is 36.1 Å². The second kappa shape index (κ2) is 9.70. The minimum absolute atomic E-state index is 0.0871. The average Bonchev–Trinajstić information content (AvgIpc) is 2.65. The van der Waals surface area contributed by atoms with E-state index in [4.69, 9.17) is 14.2 Å². The molecule has 5 heteroatoms. The lowest BCUT2D eigenvalue weighted by atomic mass is 10.1. The molecule has 0 bridgehead atoms. The summed E-state index contributed by atoms with van der Waals surface area (Å²) in [5.41, 5.74) is 1.41. The molecular weight excluding hydrogens is 330 g/mol. The van der Waals surface area contributed by atoms with E-state index in [9.17, 15) is 4.79 Å². The third-order valence-corrected chi connectivity index (χ3v) is 3.99. The van der Waals surface area contributed by atoms with Crippen LogP contribution in [0.3, 0.4) is 0 Å². The van der Waals surface area contributed by atoms with Crippen molar-refractivity contribution in [2.75, 3.05) is 20.8 Å². The van der Waals surface area contributed by atoms with Crippen LogP contribution in [0.5, 0.6) is 17.2 Å². The molecule has 0 aliphatic rings. The van der Waals surface area contributed by atoms with Crippen molar-refractivity contribution in [1.82, 2.24) is 5.32 Å². The Morgan fingerprint density at radius 2 is 1.81 bits per heavy atom. The van der Waals surface area contributed by atoms with Crippen LogP contribution in [-0.4, -0.2) is 26.7 Å². The molecule has 2 rings (SSSR count). The first-order chi connectivity index (χ1) is 12.5. The number of carbonyl (C=O) groups is 1. The second-order valence-corrected chi connectivity index (χ2v) is 6.43. The maximum absolute atomic E-state index is 12.3. The van der Waals surface area contributed by atoms with Crippen molar-refractivity contribution in [1.29, 1.82) is 0 Å². The molecule has 0 saturated carbocycles. The molecule has 0 unspecified atom stereocenters. The fraction of sp³-hybridized carbons (Fsp3) is 0.381. The van der Waals surface area contributed by atoms with Crippen LogP contribution in [0.1, 0.15) is 36.2 Å². The molecule has 1 amide bonds. The Morgan fingerprint density at radius 3 is 2.50 bits per heavy atom. The van der Waals surface area contributed by atoms with E-state index in [1.807, 2.05) is 30.3 Å². The minimum atomic E-state index is -0.0871. The molecule has 0 fully saturated rings. The number of rotatable bonds is 9. The van der Waals surface area contributed by atoms with E-state index in [2.05, 4.69) is 19.2 Å². The summed E-state index contributed by atoms with van der Waals surface area (Å²) in [5, 5.41) is 2.95. The van der Waals surface area contributed by atoms with Gasteiger partial charge in [0, 0.05) is 23.7 Å². The lowest BCUT2D eigenvalue weighted by Crippen LogP contribution is -2.25. The molecule has 2 aromatic carbocycles. The Balaban J connectivity index is 2.07. The lowest BCUT2D eigenvalue weighted by molar-refractivity contribution is 0.0952. The number of ether oxygens (including phenoxy) is 3. The number of hydrogen-bond donors (Lipinski definition) is 1. The van der Waals surface area contributed by atoms with Crippen molar-refractivity contribution < 1.29 is 19.0 Å². The zero-order chi connectivity index (χ0) is 18.9. The topological polar surface area (TPSA) is 56.8 Å². The van der Waals surface area contributed by atoms with Crippen LogP contribution in [0.25, 0.3) is 0 Å². The maximum Gasteiger partial charge on any atom is 0.251 e. The zero-order valence-corrected chi connectivity index (χ0v) is 15.9. The van der Waals surface area contributed by atoms with Gasteiger partial charge in [-0.3, -0.25) is 4.79 Å². The van der Waals surface area contributed by atoms with Crippen molar-refractivity contribution in [3.05, 3.63) is 53.6 Å². The largest absolute Gasteiger partial charge is 0.497 e. The molecule has 0 spiro atoms. The van der Waals surface area contributed by atoms with E-state index >= 15 is 0 Å². The van der Waals surface area contributed by atoms with Crippen LogP contribution < -0.4 is 19.5 Å². The SMILES string of the molecule is COc1cccc(OCc2cc(C(=O)NCCC(C)C)ccc2OC)c1. The number of nitrogens with one attached hydrogen (secondary N) is 1. The monoisotopic (exact) mass is 357 g/mol. The lowest BCUT2D eigenvalue weighted by Gasteiger charge is -2.13. The molecule has 5 nitrogen and oxygen atoms in total. The number of amides is 1. The minimum Gasteiger partial charge on any atom is -0.497 e. The van der Waals surface area contributed by atoms with Gasteiger partial charge in [0.05, 0.1) is 14.2 Å². The highest BCUT2D eigenvalue weighted by molar-refractivity contribution is 5.94. The van der Waals surface area contributed by atoms with E-state index in [0.717, 1.165) is 17.7 Å². The summed E-state index contributed by atoms with van der Waals surface area (Å²) >= 11 is 0. The number of benzene rings is 2. The Hall–Kier alpha value is -2.69. The second-order valence-electron chi connectivity index (χ2n) is 6.43. The molecular formula is C21H27NO4. The van der Waals surface area contributed by atoms with E-state index in [-0.39, 0.29) is 5.91 Å². The molecule has 0 radical (unpaired) electrons. The van der Waals surface area contributed by atoms with E-state index in [1.165, 1.54) is 0 Å². The van der Waals surface area contributed by atoms with Crippen molar-refractivity contribution in [3.63, 3.8) is 0 Å². The van der Waals surface area contributed by atoms with Gasteiger partial charge >= 0.3 is 0 Å². The van der Waals surface area contributed by atoms with Gasteiger partial charge in [0.2, 0.25) is 0 Å². The molecule has 2 aromatic rings. The van der Waals surface area contributed by atoms with Gasteiger partial charge in [-0.1, -0.05) is 19.9 Å². The van der Waals surface area contributed by atoms with Gasteiger partial charge in [-0.15, -0.1) is 0 Å². The van der Waals surface area contributed by atoms with Gasteiger partial charge in [0.15, 0.2) is 0 Å². The highest BCUT2D eigenvalue weighted by atomic mass is 16.5. The summed E-state index contributed by atoms with van der Waals surface area (Å²) in [6.45, 7) is 5.22. The predicted molar refractivity (Wildman–Crippen MR) is 102 cm³/mol. The van der Waals surface area contributed by atoms with Gasteiger partial charge in [0.1, 0.15) is 23.9 Å². The van der Waals surface area contributed by atoms with E-state index in [1.54, 1.807) is 26.4 Å². The first-order valence-corrected chi connectivity index (χ1v) is 8.75. The van der Waals surface area contributed by atoms with Crippen molar-refractivity contribution in [2.45, 2.75) is 26.9 Å². The molecule has 0 heterocycles. The van der Waals surface area contributed by atoms with Crippen LogP contribution in [0.15, 0.2) is 42.5 Å². The van der Waals surface area contributed by atoms with Crippen molar-refractivity contribution in [2.24, 2.45) is 5.92 Å². The van der Waals surface area contributed by atoms with Crippen LogP contribution >= 0.6 is 0 Å². The molecule has 0 aliphatic heterocycles. The Labute approximate surface area is 155 Å². The van der Waals surface area contributed by atoms with Gasteiger partial charge in [-0.05, 0) is 42.7 Å². The first kappa shape index (κ1) is 19.6. The quantitative estimate of drug-likeness (QED) is 0.735. The number of carbonyl (C=O) groups excluding carboxylic acids is 1. The summed E-state index contributed by atoms with van der Waals surface area (Å²) < 4.78 is 16.4. The Kier molecular flexibility index (Phi) is 7.33. The standard InChI is InChI=1S/C21H27NO4/c1-15(2)10-11-22-21(23)16-8-9-20(25-4)17(12-16)14-26-19-7-5-6-18(13-19)24-3/h5-9,12-13,15H,10-11,14H2,1-4H3,(H,22,23). The highest BCUT2D eigenvalue weighted by Crippen LogP contribution is 2.24. The fourth-order valence-corrected chi connectivity index (χ4v) is 2.46.